The molecule has 2 rings (SSSR count). The van der Waals surface area contributed by atoms with Crippen molar-refractivity contribution >= 4 is 11.9 Å². The summed E-state index contributed by atoms with van der Waals surface area (Å²) in [5, 5.41) is 0. The van der Waals surface area contributed by atoms with Crippen LogP contribution in [-0.2, 0) is 19.1 Å². The Balaban J connectivity index is 2.11. The van der Waals surface area contributed by atoms with E-state index in [1.165, 1.54) is 0 Å². The van der Waals surface area contributed by atoms with Crippen molar-refractivity contribution in [1.82, 2.24) is 0 Å². The van der Waals surface area contributed by atoms with E-state index in [1.54, 1.807) is 6.92 Å². The van der Waals surface area contributed by atoms with Crippen molar-refractivity contribution < 1.29 is 19.1 Å². The SMILES string of the molecule is CCCCOC(=O)C1(C(=O)OCC)CC2CCC1C2. The number of carbonyl (C=O) groups excluding carboxylic acids is 2. The second-order valence-corrected chi connectivity index (χ2v) is 5.76. The second-order valence-electron chi connectivity index (χ2n) is 5.76. The van der Waals surface area contributed by atoms with E-state index in [4.69, 9.17) is 9.47 Å². The molecular formula is C15H24O4. The van der Waals surface area contributed by atoms with Crippen LogP contribution in [0.15, 0.2) is 0 Å². The predicted octanol–water partition coefficient (Wildman–Crippen LogP) is 2.70. The summed E-state index contributed by atoms with van der Waals surface area (Å²) in [5.41, 5.74) is -0.993. The molecule has 2 fully saturated rings. The molecule has 108 valence electrons. The van der Waals surface area contributed by atoms with E-state index in [0.717, 1.165) is 32.1 Å². The van der Waals surface area contributed by atoms with Gasteiger partial charge < -0.3 is 9.47 Å². The Bertz CT molecular complexity index is 352. The van der Waals surface area contributed by atoms with Gasteiger partial charge in [-0.25, -0.2) is 0 Å². The summed E-state index contributed by atoms with van der Waals surface area (Å²) in [4.78, 5) is 24.7. The van der Waals surface area contributed by atoms with Crippen molar-refractivity contribution in [1.29, 1.82) is 0 Å². The monoisotopic (exact) mass is 268 g/mol. The Labute approximate surface area is 114 Å². The van der Waals surface area contributed by atoms with E-state index in [9.17, 15) is 9.59 Å². The minimum absolute atomic E-state index is 0.130. The zero-order valence-electron chi connectivity index (χ0n) is 11.9. The summed E-state index contributed by atoms with van der Waals surface area (Å²) in [6.07, 6.45) is 5.51. The van der Waals surface area contributed by atoms with Gasteiger partial charge in [0.15, 0.2) is 5.41 Å². The van der Waals surface area contributed by atoms with Crippen LogP contribution >= 0.6 is 0 Å². The predicted molar refractivity (Wildman–Crippen MR) is 70.4 cm³/mol. The fourth-order valence-corrected chi connectivity index (χ4v) is 3.61. The van der Waals surface area contributed by atoms with Gasteiger partial charge in [0.05, 0.1) is 13.2 Å². The number of unbranched alkanes of at least 4 members (excludes halogenated alkanes) is 1. The van der Waals surface area contributed by atoms with Crippen molar-refractivity contribution in [3.05, 3.63) is 0 Å². The molecule has 4 heteroatoms. The maximum Gasteiger partial charge on any atom is 0.323 e. The van der Waals surface area contributed by atoms with E-state index >= 15 is 0 Å². The summed E-state index contributed by atoms with van der Waals surface area (Å²) in [6, 6.07) is 0. The van der Waals surface area contributed by atoms with Crippen LogP contribution in [0.1, 0.15) is 52.4 Å². The molecule has 0 amide bonds. The van der Waals surface area contributed by atoms with Gasteiger partial charge in [-0.3, -0.25) is 9.59 Å². The third kappa shape index (κ3) is 2.49. The van der Waals surface area contributed by atoms with E-state index in [2.05, 4.69) is 0 Å². The zero-order valence-corrected chi connectivity index (χ0v) is 11.9. The standard InChI is InChI=1S/C15H24O4/c1-3-5-8-19-14(17)15(13(16)18-4-2)10-11-6-7-12(15)9-11/h11-12H,3-10H2,1-2H3. The normalized spacial score (nSPS) is 32.3. The molecule has 2 bridgehead atoms. The molecule has 0 aromatic heterocycles. The number of ether oxygens (including phenoxy) is 2. The van der Waals surface area contributed by atoms with Crippen molar-refractivity contribution in [3.63, 3.8) is 0 Å². The first-order chi connectivity index (χ1) is 9.15. The summed E-state index contributed by atoms with van der Waals surface area (Å²) in [7, 11) is 0. The van der Waals surface area contributed by atoms with E-state index in [1.807, 2.05) is 6.92 Å². The Morgan fingerprint density at radius 3 is 2.42 bits per heavy atom. The highest BCUT2D eigenvalue weighted by Crippen LogP contribution is 2.57. The van der Waals surface area contributed by atoms with E-state index in [0.29, 0.717) is 25.6 Å². The quantitative estimate of drug-likeness (QED) is 0.422. The molecule has 0 aromatic rings. The first kappa shape index (κ1) is 14.4. The highest BCUT2D eigenvalue weighted by atomic mass is 16.6. The maximum atomic E-state index is 12.4. The van der Waals surface area contributed by atoms with Gasteiger partial charge in [0.25, 0.3) is 0 Å². The fraction of sp³-hybridized carbons (Fsp3) is 0.867. The molecular weight excluding hydrogens is 244 g/mol. The van der Waals surface area contributed by atoms with Gasteiger partial charge in [-0.2, -0.15) is 0 Å². The maximum absolute atomic E-state index is 12.4. The molecule has 2 aliphatic rings. The lowest BCUT2D eigenvalue weighted by Gasteiger charge is -2.32. The van der Waals surface area contributed by atoms with Crippen molar-refractivity contribution in [3.8, 4) is 0 Å². The topological polar surface area (TPSA) is 52.6 Å². The average molecular weight is 268 g/mol. The molecule has 2 saturated carbocycles. The smallest absolute Gasteiger partial charge is 0.323 e. The lowest BCUT2D eigenvalue weighted by molar-refractivity contribution is -0.176. The van der Waals surface area contributed by atoms with Gasteiger partial charge in [-0.05, 0) is 44.4 Å². The molecule has 3 atom stereocenters. The molecule has 0 radical (unpaired) electrons. The van der Waals surface area contributed by atoms with Crippen LogP contribution in [0.3, 0.4) is 0 Å². The Hall–Kier alpha value is -1.06. The zero-order chi connectivity index (χ0) is 13.9. The summed E-state index contributed by atoms with van der Waals surface area (Å²) >= 11 is 0. The summed E-state index contributed by atoms with van der Waals surface area (Å²) in [5.74, 6) is -0.0749. The Morgan fingerprint density at radius 1 is 1.16 bits per heavy atom. The molecule has 0 heterocycles. The van der Waals surface area contributed by atoms with E-state index in [-0.39, 0.29) is 17.9 Å². The van der Waals surface area contributed by atoms with Crippen LogP contribution in [0.25, 0.3) is 0 Å². The minimum atomic E-state index is -0.993. The number of rotatable bonds is 6. The number of hydrogen-bond donors (Lipinski definition) is 0. The van der Waals surface area contributed by atoms with Crippen LogP contribution < -0.4 is 0 Å². The number of fused-ring (bicyclic) bond motifs is 2. The van der Waals surface area contributed by atoms with Gasteiger partial charge in [-0.1, -0.05) is 19.8 Å². The van der Waals surface area contributed by atoms with Crippen LogP contribution in [0, 0.1) is 17.3 Å². The van der Waals surface area contributed by atoms with Crippen LogP contribution in [0.5, 0.6) is 0 Å². The van der Waals surface area contributed by atoms with Crippen molar-refractivity contribution in [2.45, 2.75) is 52.4 Å². The molecule has 0 saturated heterocycles. The first-order valence-corrected chi connectivity index (χ1v) is 7.49. The van der Waals surface area contributed by atoms with Crippen LogP contribution in [0.4, 0.5) is 0 Å². The van der Waals surface area contributed by atoms with Gasteiger partial charge >= 0.3 is 11.9 Å². The molecule has 2 aliphatic carbocycles. The third-order valence-electron chi connectivity index (χ3n) is 4.58. The molecule has 0 aromatic carbocycles. The third-order valence-corrected chi connectivity index (χ3v) is 4.58. The van der Waals surface area contributed by atoms with Gasteiger partial charge in [0, 0.05) is 0 Å². The fourth-order valence-electron chi connectivity index (χ4n) is 3.61. The second kappa shape index (κ2) is 5.93. The summed E-state index contributed by atoms with van der Waals surface area (Å²) < 4.78 is 10.5. The van der Waals surface area contributed by atoms with Crippen LogP contribution in [0.2, 0.25) is 0 Å². The number of esters is 2. The molecule has 0 aliphatic heterocycles. The molecule has 19 heavy (non-hydrogen) atoms. The average Bonchev–Trinajstić information content (AvgIpc) is 3.00. The lowest BCUT2D eigenvalue weighted by atomic mass is 9.73. The minimum Gasteiger partial charge on any atom is -0.465 e. The van der Waals surface area contributed by atoms with E-state index < -0.39 is 5.41 Å². The number of carbonyl (C=O) groups is 2. The molecule has 4 nitrogen and oxygen atoms in total. The van der Waals surface area contributed by atoms with Gasteiger partial charge in [-0.15, -0.1) is 0 Å². The molecule has 3 unspecified atom stereocenters. The highest BCUT2D eigenvalue weighted by molar-refractivity contribution is 6.01. The first-order valence-electron chi connectivity index (χ1n) is 7.49. The highest BCUT2D eigenvalue weighted by Gasteiger charge is 2.62. The van der Waals surface area contributed by atoms with Gasteiger partial charge in [0.1, 0.15) is 0 Å². The Kier molecular flexibility index (Phi) is 4.48. The lowest BCUT2D eigenvalue weighted by Crippen LogP contribution is -2.46. The molecule has 0 N–H and O–H groups in total. The molecule has 0 spiro atoms. The van der Waals surface area contributed by atoms with Gasteiger partial charge in [0.2, 0.25) is 0 Å². The van der Waals surface area contributed by atoms with Crippen LogP contribution in [-0.4, -0.2) is 25.2 Å². The largest absolute Gasteiger partial charge is 0.465 e. The van der Waals surface area contributed by atoms with Crippen molar-refractivity contribution in [2.75, 3.05) is 13.2 Å². The summed E-state index contributed by atoms with van der Waals surface area (Å²) in [6.45, 7) is 4.56. The Morgan fingerprint density at radius 2 is 1.89 bits per heavy atom. The van der Waals surface area contributed by atoms with Crippen molar-refractivity contribution in [2.24, 2.45) is 17.3 Å². The number of hydrogen-bond acceptors (Lipinski definition) is 4.